The van der Waals surface area contributed by atoms with Crippen molar-refractivity contribution >= 4 is 53.4 Å². The van der Waals surface area contributed by atoms with E-state index in [1.165, 1.54) is 34.8 Å². The summed E-state index contributed by atoms with van der Waals surface area (Å²) in [5.74, 6) is 0.273. The van der Waals surface area contributed by atoms with Crippen LogP contribution in [0.25, 0.3) is 31.8 Å². The van der Waals surface area contributed by atoms with E-state index in [9.17, 15) is 4.39 Å². The molecule has 0 spiro atoms. The monoisotopic (exact) mass is 369 g/mol. The number of hydrogen-bond donors (Lipinski definition) is 2. The van der Waals surface area contributed by atoms with Gasteiger partial charge in [-0.15, -0.1) is 10.2 Å². The van der Waals surface area contributed by atoms with E-state index in [1.807, 2.05) is 18.2 Å². The Hall–Kier alpha value is -2.98. The second kappa shape index (κ2) is 5.53. The molecule has 0 aliphatic heterocycles. The molecular formula is C15H8FN7S2. The molecule has 0 fully saturated rings. The van der Waals surface area contributed by atoms with Crippen molar-refractivity contribution in [2.24, 2.45) is 0 Å². The van der Waals surface area contributed by atoms with Crippen LogP contribution >= 0.6 is 22.7 Å². The third-order valence-corrected chi connectivity index (χ3v) is 5.42. The maximum Gasteiger partial charge on any atom is 0.204 e. The number of fused-ring (bicyclic) bond motifs is 2. The topological polar surface area (TPSA) is 92.3 Å². The number of halogens is 1. The lowest BCUT2D eigenvalue weighted by Crippen LogP contribution is -1.87. The normalized spacial score (nSPS) is 11.4. The maximum absolute atomic E-state index is 13.3. The van der Waals surface area contributed by atoms with Gasteiger partial charge in [-0.1, -0.05) is 22.7 Å². The highest BCUT2D eigenvalue weighted by atomic mass is 32.1. The van der Waals surface area contributed by atoms with Crippen LogP contribution in [0.1, 0.15) is 0 Å². The van der Waals surface area contributed by atoms with Crippen LogP contribution in [0.5, 0.6) is 0 Å². The van der Waals surface area contributed by atoms with Gasteiger partial charge in [-0.3, -0.25) is 0 Å². The van der Waals surface area contributed by atoms with Crippen molar-refractivity contribution in [1.29, 1.82) is 0 Å². The molecule has 3 heterocycles. The van der Waals surface area contributed by atoms with E-state index >= 15 is 0 Å². The number of tetrazole rings is 1. The zero-order valence-corrected chi connectivity index (χ0v) is 14.0. The molecule has 10 heteroatoms. The third kappa shape index (κ3) is 2.61. The van der Waals surface area contributed by atoms with E-state index in [-0.39, 0.29) is 5.82 Å². The molecule has 2 aromatic carbocycles. The van der Waals surface area contributed by atoms with Gasteiger partial charge >= 0.3 is 0 Å². The quantitative estimate of drug-likeness (QED) is 0.500. The Balaban J connectivity index is 1.49. The van der Waals surface area contributed by atoms with Crippen molar-refractivity contribution in [3.63, 3.8) is 0 Å². The summed E-state index contributed by atoms with van der Waals surface area (Å²) < 4.78 is 15.1. The number of benzene rings is 2. The smallest absolute Gasteiger partial charge is 0.204 e. The lowest BCUT2D eigenvalue weighted by Gasteiger charge is -1.93. The van der Waals surface area contributed by atoms with Crippen LogP contribution in [0, 0.1) is 5.82 Å². The molecule has 0 aliphatic rings. The van der Waals surface area contributed by atoms with Crippen molar-refractivity contribution in [3.8, 4) is 11.4 Å². The van der Waals surface area contributed by atoms with Crippen LogP contribution in [0.15, 0.2) is 36.4 Å². The molecule has 7 nitrogen and oxygen atoms in total. The molecule has 0 saturated carbocycles. The van der Waals surface area contributed by atoms with E-state index in [2.05, 4.69) is 35.9 Å². The Morgan fingerprint density at radius 2 is 1.64 bits per heavy atom. The highest BCUT2D eigenvalue weighted by Crippen LogP contribution is 2.33. The summed E-state index contributed by atoms with van der Waals surface area (Å²) in [4.78, 5) is 9.01. The van der Waals surface area contributed by atoms with Crippen molar-refractivity contribution in [1.82, 2.24) is 30.6 Å². The van der Waals surface area contributed by atoms with Gasteiger partial charge in [-0.2, -0.15) is 5.21 Å². The predicted molar refractivity (Wildman–Crippen MR) is 95.7 cm³/mol. The fourth-order valence-electron chi connectivity index (χ4n) is 2.44. The Morgan fingerprint density at radius 3 is 2.36 bits per heavy atom. The summed E-state index contributed by atoms with van der Waals surface area (Å²) in [5.41, 5.74) is 2.49. The summed E-state index contributed by atoms with van der Waals surface area (Å²) in [6, 6.07) is 10.3. The molecular weight excluding hydrogens is 361 g/mol. The molecule has 0 radical (unpaired) electrons. The Bertz CT molecular complexity index is 1200. The number of nitrogens with zero attached hydrogens (tertiary/aromatic N) is 5. The highest BCUT2D eigenvalue weighted by molar-refractivity contribution is 7.24. The van der Waals surface area contributed by atoms with Crippen molar-refractivity contribution in [2.75, 3.05) is 5.32 Å². The summed E-state index contributed by atoms with van der Waals surface area (Å²) in [5, 5.41) is 18.6. The van der Waals surface area contributed by atoms with Crippen LogP contribution in [0.3, 0.4) is 0 Å². The second-order valence-corrected chi connectivity index (χ2v) is 7.25. The van der Waals surface area contributed by atoms with Gasteiger partial charge in [0.05, 0.1) is 20.4 Å². The van der Waals surface area contributed by atoms with E-state index in [0.29, 0.717) is 11.0 Å². The molecule has 5 rings (SSSR count). The first-order chi connectivity index (χ1) is 12.2. The summed E-state index contributed by atoms with van der Waals surface area (Å²) in [7, 11) is 0. The van der Waals surface area contributed by atoms with Gasteiger partial charge in [0.25, 0.3) is 0 Å². The largest absolute Gasteiger partial charge is 0.307 e. The molecule has 0 amide bonds. The average molecular weight is 369 g/mol. The maximum atomic E-state index is 13.3. The summed E-state index contributed by atoms with van der Waals surface area (Å²) in [6.45, 7) is 0. The molecule has 0 aliphatic carbocycles. The van der Waals surface area contributed by atoms with Crippen LogP contribution in [0.2, 0.25) is 0 Å². The van der Waals surface area contributed by atoms with Gasteiger partial charge in [0.1, 0.15) is 5.82 Å². The Kier molecular flexibility index (Phi) is 3.18. The SMILES string of the molecule is Fc1ccc2nc(Nc3nc4ccc(-c5nn[nH]n5)cc4s3)sc2c1. The number of thiazole rings is 2. The fraction of sp³-hybridized carbons (Fsp3) is 0. The molecule has 5 aromatic rings. The molecule has 2 N–H and O–H groups in total. The van der Waals surface area contributed by atoms with Gasteiger partial charge in [-0.05, 0) is 41.6 Å². The number of aromatic amines is 1. The van der Waals surface area contributed by atoms with Crippen LogP contribution in [-0.2, 0) is 0 Å². The van der Waals surface area contributed by atoms with E-state index in [1.54, 1.807) is 6.07 Å². The first-order valence-electron chi connectivity index (χ1n) is 7.22. The highest BCUT2D eigenvalue weighted by Gasteiger charge is 2.10. The molecule has 0 saturated heterocycles. The van der Waals surface area contributed by atoms with Gasteiger partial charge < -0.3 is 5.32 Å². The number of rotatable bonds is 3. The molecule has 25 heavy (non-hydrogen) atoms. The van der Waals surface area contributed by atoms with Crippen LogP contribution in [-0.4, -0.2) is 30.6 Å². The summed E-state index contributed by atoms with van der Waals surface area (Å²) >= 11 is 2.89. The van der Waals surface area contributed by atoms with E-state index in [4.69, 9.17) is 0 Å². The predicted octanol–water partition coefficient (Wildman–Crippen LogP) is 3.97. The molecule has 3 aromatic heterocycles. The number of hydrogen-bond acceptors (Lipinski definition) is 8. The molecule has 0 atom stereocenters. The standard InChI is InChI=1S/C15H8FN7S2/c16-8-2-4-10-12(6-8)25-15(18-10)19-14-17-9-3-1-7(5-11(9)24-14)13-20-22-23-21-13/h1-6H,(H,17,18,19)(H,20,21,22,23). The lowest BCUT2D eigenvalue weighted by molar-refractivity contribution is 0.630. The second-order valence-electron chi connectivity index (χ2n) is 5.19. The zero-order chi connectivity index (χ0) is 16.8. The molecule has 122 valence electrons. The van der Waals surface area contributed by atoms with Gasteiger partial charge in [-0.25, -0.2) is 14.4 Å². The minimum atomic E-state index is -0.267. The van der Waals surface area contributed by atoms with Crippen LogP contribution in [0.4, 0.5) is 14.7 Å². The third-order valence-electron chi connectivity index (χ3n) is 3.56. The average Bonchev–Trinajstić information content (AvgIpc) is 3.32. The molecule has 0 bridgehead atoms. The lowest BCUT2D eigenvalue weighted by atomic mass is 10.2. The number of H-pyrrole nitrogens is 1. The first kappa shape index (κ1) is 14.4. The van der Waals surface area contributed by atoms with Crippen molar-refractivity contribution in [2.45, 2.75) is 0 Å². The zero-order valence-electron chi connectivity index (χ0n) is 12.4. The van der Waals surface area contributed by atoms with Gasteiger partial charge in [0.15, 0.2) is 10.3 Å². The summed E-state index contributed by atoms with van der Waals surface area (Å²) in [6.07, 6.45) is 0. The number of anilines is 2. The fourth-order valence-corrected chi connectivity index (χ4v) is 4.30. The van der Waals surface area contributed by atoms with Crippen molar-refractivity contribution in [3.05, 3.63) is 42.2 Å². The molecule has 0 unspecified atom stereocenters. The van der Waals surface area contributed by atoms with Gasteiger partial charge in [0.2, 0.25) is 5.82 Å². The van der Waals surface area contributed by atoms with Crippen LogP contribution < -0.4 is 5.32 Å². The minimum Gasteiger partial charge on any atom is -0.307 e. The first-order valence-corrected chi connectivity index (χ1v) is 8.85. The Morgan fingerprint density at radius 1 is 0.920 bits per heavy atom. The minimum absolute atomic E-state index is 0.267. The van der Waals surface area contributed by atoms with Gasteiger partial charge in [0, 0.05) is 5.56 Å². The Labute approximate surface area is 147 Å². The number of aromatic nitrogens is 6. The van der Waals surface area contributed by atoms with Crippen molar-refractivity contribution < 1.29 is 4.39 Å². The van der Waals surface area contributed by atoms with E-state index < -0.39 is 0 Å². The number of nitrogens with one attached hydrogen (secondary N) is 2. The van der Waals surface area contributed by atoms with E-state index in [0.717, 1.165) is 31.1 Å².